The molecule has 1 aromatic rings. The van der Waals surface area contributed by atoms with Crippen molar-refractivity contribution in [3.63, 3.8) is 0 Å². The van der Waals surface area contributed by atoms with Crippen LogP contribution in [0.5, 0.6) is 0 Å². The molecular formula is C15H21FN2O2. The molecule has 1 saturated heterocycles. The van der Waals surface area contributed by atoms with Gasteiger partial charge in [0.2, 0.25) is 0 Å². The summed E-state index contributed by atoms with van der Waals surface area (Å²) in [5.74, 6) is -1.07. The largest absolute Gasteiger partial charge is 0.469 e. The first-order valence-electron chi connectivity index (χ1n) is 6.84. The highest BCUT2D eigenvalue weighted by molar-refractivity contribution is 5.78. The summed E-state index contributed by atoms with van der Waals surface area (Å²) in [4.78, 5) is 16.5. The van der Waals surface area contributed by atoms with Gasteiger partial charge in [-0.15, -0.1) is 0 Å². The quantitative estimate of drug-likeness (QED) is 0.779. The summed E-state index contributed by atoms with van der Waals surface area (Å²) in [7, 11) is 3.46. The highest BCUT2D eigenvalue weighted by Gasteiger charge is 2.26. The number of benzene rings is 1. The molecule has 1 heterocycles. The van der Waals surface area contributed by atoms with Gasteiger partial charge in [0, 0.05) is 32.7 Å². The SMILES string of the molecule is COC(=O)C(CN1CCN(C)CC1)c1cccc(F)c1. The molecule has 4 nitrogen and oxygen atoms in total. The first-order chi connectivity index (χ1) is 9.60. The zero-order valence-electron chi connectivity index (χ0n) is 12.0. The molecule has 1 aliphatic rings. The van der Waals surface area contributed by atoms with Crippen LogP contribution in [0.1, 0.15) is 11.5 Å². The monoisotopic (exact) mass is 280 g/mol. The number of methoxy groups -OCH3 is 1. The Kier molecular flexibility index (Phi) is 5.09. The van der Waals surface area contributed by atoms with Crippen molar-refractivity contribution in [2.24, 2.45) is 0 Å². The third kappa shape index (κ3) is 3.77. The molecule has 0 N–H and O–H groups in total. The summed E-state index contributed by atoms with van der Waals surface area (Å²) in [5, 5.41) is 0. The van der Waals surface area contributed by atoms with Crippen LogP contribution in [0, 0.1) is 5.82 Å². The van der Waals surface area contributed by atoms with E-state index in [4.69, 9.17) is 4.74 Å². The number of halogens is 1. The molecule has 2 rings (SSSR count). The number of ether oxygens (including phenoxy) is 1. The van der Waals surface area contributed by atoms with Crippen molar-refractivity contribution in [2.45, 2.75) is 5.92 Å². The standard InChI is InChI=1S/C15H21FN2O2/c1-17-6-8-18(9-7-17)11-14(15(19)20-2)12-4-3-5-13(16)10-12/h3-5,10,14H,6-9,11H2,1-2H3. The third-order valence-electron chi connectivity index (χ3n) is 3.77. The van der Waals surface area contributed by atoms with Crippen molar-refractivity contribution < 1.29 is 13.9 Å². The smallest absolute Gasteiger partial charge is 0.314 e. The minimum Gasteiger partial charge on any atom is -0.469 e. The van der Waals surface area contributed by atoms with Crippen LogP contribution in [0.25, 0.3) is 0 Å². The molecule has 0 saturated carbocycles. The van der Waals surface area contributed by atoms with Crippen LogP contribution in [0.15, 0.2) is 24.3 Å². The number of carbonyl (C=O) groups is 1. The summed E-state index contributed by atoms with van der Waals surface area (Å²) in [6.07, 6.45) is 0. The average molecular weight is 280 g/mol. The second-order valence-corrected chi connectivity index (χ2v) is 5.23. The fraction of sp³-hybridized carbons (Fsp3) is 0.533. The van der Waals surface area contributed by atoms with Crippen LogP contribution in [0.2, 0.25) is 0 Å². The van der Waals surface area contributed by atoms with Gasteiger partial charge in [-0.2, -0.15) is 0 Å². The minimum atomic E-state index is -0.431. The predicted octanol–water partition coefficient (Wildman–Crippen LogP) is 1.33. The number of hydrogen-bond donors (Lipinski definition) is 0. The van der Waals surface area contributed by atoms with Crippen LogP contribution >= 0.6 is 0 Å². The molecule has 0 bridgehead atoms. The topological polar surface area (TPSA) is 32.8 Å². The molecule has 1 unspecified atom stereocenters. The number of piperazine rings is 1. The maximum Gasteiger partial charge on any atom is 0.314 e. The van der Waals surface area contributed by atoms with E-state index in [1.165, 1.54) is 19.2 Å². The van der Waals surface area contributed by atoms with Crippen molar-refractivity contribution in [1.29, 1.82) is 0 Å². The molecule has 0 radical (unpaired) electrons. The van der Waals surface area contributed by atoms with E-state index in [1.807, 2.05) is 0 Å². The van der Waals surface area contributed by atoms with Gasteiger partial charge in [-0.05, 0) is 24.7 Å². The molecule has 1 atom stereocenters. The summed E-state index contributed by atoms with van der Waals surface area (Å²) in [6, 6.07) is 6.21. The second-order valence-electron chi connectivity index (χ2n) is 5.23. The van der Waals surface area contributed by atoms with Gasteiger partial charge in [0.05, 0.1) is 13.0 Å². The minimum absolute atomic E-state index is 0.311. The van der Waals surface area contributed by atoms with Gasteiger partial charge >= 0.3 is 5.97 Å². The van der Waals surface area contributed by atoms with Crippen LogP contribution in [-0.4, -0.2) is 62.7 Å². The Morgan fingerprint density at radius 2 is 2.05 bits per heavy atom. The van der Waals surface area contributed by atoms with Crippen molar-refractivity contribution in [3.05, 3.63) is 35.6 Å². The average Bonchev–Trinajstić information content (AvgIpc) is 2.46. The lowest BCUT2D eigenvalue weighted by atomic mass is 9.98. The van der Waals surface area contributed by atoms with Gasteiger partial charge < -0.3 is 9.64 Å². The molecule has 0 aliphatic carbocycles. The van der Waals surface area contributed by atoms with Gasteiger partial charge in [0.15, 0.2) is 0 Å². The number of likely N-dealkylation sites (N-methyl/N-ethyl adjacent to an activating group) is 1. The Morgan fingerprint density at radius 3 is 2.65 bits per heavy atom. The van der Waals surface area contributed by atoms with Gasteiger partial charge in [0.25, 0.3) is 0 Å². The Labute approximate surface area is 119 Å². The van der Waals surface area contributed by atoms with E-state index in [9.17, 15) is 9.18 Å². The Balaban J connectivity index is 2.10. The van der Waals surface area contributed by atoms with E-state index in [0.717, 1.165) is 26.2 Å². The van der Waals surface area contributed by atoms with Gasteiger partial charge in [0.1, 0.15) is 5.82 Å². The van der Waals surface area contributed by atoms with Crippen molar-refractivity contribution in [1.82, 2.24) is 9.80 Å². The van der Waals surface area contributed by atoms with Crippen molar-refractivity contribution >= 4 is 5.97 Å². The third-order valence-corrected chi connectivity index (χ3v) is 3.77. The zero-order valence-corrected chi connectivity index (χ0v) is 12.0. The summed E-state index contributed by atoms with van der Waals surface area (Å²) in [5.41, 5.74) is 0.677. The fourth-order valence-corrected chi connectivity index (χ4v) is 2.47. The Bertz CT molecular complexity index is 459. The second kappa shape index (κ2) is 6.81. The molecule has 0 amide bonds. The van der Waals surface area contributed by atoms with Crippen LogP contribution in [-0.2, 0) is 9.53 Å². The van der Waals surface area contributed by atoms with E-state index in [2.05, 4.69) is 16.8 Å². The number of hydrogen-bond acceptors (Lipinski definition) is 4. The predicted molar refractivity (Wildman–Crippen MR) is 75.1 cm³/mol. The number of esters is 1. The maximum absolute atomic E-state index is 13.4. The van der Waals surface area contributed by atoms with Crippen LogP contribution in [0.4, 0.5) is 4.39 Å². The molecule has 1 fully saturated rings. The summed E-state index contributed by atoms with van der Waals surface area (Å²) < 4.78 is 18.2. The molecule has 1 aliphatic heterocycles. The van der Waals surface area contributed by atoms with Crippen LogP contribution < -0.4 is 0 Å². The fourth-order valence-electron chi connectivity index (χ4n) is 2.47. The molecule has 0 spiro atoms. The Hall–Kier alpha value is -1.46. The van der Waals surface area contributed by atoms with Crippen LogP contribution in [0.3, 0.4) is 0 Å². The van der Waals surface area contributed by atoms with Crippen molar-refractivity contribution in [3.8, 4) is 0 Å². The first kappa shape index (κ1) is 14.9. The first-order valence-corrected chi connectivity index (χ1v) is 6.84. The lowest BCUT2D eigenvalue weighted by Gasteiger charge is -2.34. The highest BCUT2D eigenvalue weighted by atomic mass is 19.1. The van der Waals surface area contributed by atoms with Gasteiger partial charge in [-0.1, -0.05) is 12.1 Å². The number of carbonyl (C=O) groups excluding carboxylic acids is 1. The van der Waals surface area contributed by atoms with E-state index in [1.54, 1.807) is 12.1 Å². The molecule has 20 heavy (non-hydrogen) atoms. The van der Waals surface area contributed by atoms with E-state index < -0.39 is 5.92 Å². The van der Waals surface area contributed by atoms with E-state index in [-0.39, 0.29) is 11.8 Å². The lowest BCUT2D eigenvalue weighted by Crippen LogP contribution is -2.46. The van der Waals surface area contributed by atoms with Gasteiger partial charge in [-0.25, -0.2) is 4.39 Å². The van der Waals surface area contributed by atoms with Crippen molar-refractivity contribution in [2.75, 3.05) is 46.9 Å². The maximum atomic E-state index is 13.4. The molecular weight excluding hydrogens is 259 g/mol. The lowest BCUT2D eigenvalue weighted by molar-refractivity contribution is -0.143. The number of rotatable bonds is 4. The number of nitrogens with zero attached hydrogens (tertiary/aromatic N) is 2. The molecule has 110 valence electrons. The highest BCUT2D eigenvalue weighted by Crippen LogP contribution is 2.20. The normalized spacial score (nSPS) is 18.8. The zero-order chi connectivity index (χ0) is 14.5. The summed E-state index contributed by atoms with van der Waals surface area (Å²) in [6.45, 7) is 4.37. The Morgan fingerprint density at radius 1 is 1.35 bits per heavy atom. The van der Waals surface area contributed by atoms with E-state index >= 15 is 0 Å². The molecule has 1 aromatic carbocycles. The molecule has 5 heteroatoms. The van der Waals surface area contributed by atoms with Gasteiger partial charge in [-0.3, -0.25) is 9.69 Å². The summed E-state index contributed by atoms with van der Waals surface area (Å²) >= 11 is 0. The molecule has 0 aromatic heterocycles. The van der Waals surface area contributed by atoms with E-state index in [0.29, 0.717) is 12.1 Å².